The molecule has 2 atom stereocenters. The Bertz CT molecular complexity index is 552. The van der Waals surface area contributed by atoms with Gasteiger partial charge in [0.05, 0.1) is 19.3 Å². The molecule has 3 heterocycles. The quantitative estimate of drug-likeness (QED) is 0.922. The van der Waals surface area contributed by atoms with Crippen LogP contribution in [0.25, 0.3) is 0 Å². The predicted molar refractivity (Wildman–Crippen MR) is 84.3 cm³/mol. The van der Waals surface area contributed by atoms with Crippen LogP contribution in [0.3, 0.4) is 0 Å². The fourth-order valence-electron chi connectivity index (χ4n) is 2.84. The van der Waals surface area contributed by atoms with Crippen LogP contribution in [0.5, 0.6) is 0 Å². The highest BCUT2D eigenvalue weighted by molar-refractivity contribution is 7.10. The van der Waals surface area contributed by atoms with E-state index in [1.54, 1.807) is 11.3 Å². The molecule has 5 heteroatoms. The van der Waals surface area contributed by atoms with Crippen LogP contribution in [-0.2, 0) is 18.3 Å². The van der Waals surface area contributed by atoms with Gasteiger partial charge in [0, 0.05) is 42.9 Å². The molecule has 1 saturated heterocycles. The lowest BCUT2D eigenvalue weighted by atomic mass is 10.1. The Kier molecular flexibility index (Phi) is 4.75. The SMILES string of the molecule is Cn1cccc1CN1CCOCC1CC(O)c1cccs1. The van der Waals surface area contributed by atoms with E-state index >= 15 is 0 Å². The van der Waals surface area contributed by atoms with E-state index < -0.39 is 6.10 Å². The second-order valence-corrected chi connectivity index (χ2v) is 6.56. The molecule has 2 aromatic rings. The monoisotopic (exact) mass is 306 g/mol. The van der Waals surface area contributed by atoms with Crippen molar-refractivity contribution in [2.75, 3.05) is 19.8 Å². The van der Waals surface area contributed by atoms with Crippen molar-refractivity contribution in [2.24, 2.45) is 7.05 Å². The zero-order valence-electron chi connectivity index (χ0n) is 12.3. The maximum atomic E-state index is 10.4. The van der Waals surface area contributed by atoms with Crippen LogP contribution in [0.1, 0.15) is 23.1 Å². The Morgan fingerprint density at radius 2 is 2.33 bits per heavy atom. The zero-order valence-corrected chi connectivity index (χ0v) is 13.1. The second-order valence-electron chi connectivity index (χ2n) is 5.58. The van der Waals surface area contributed by atoms with Gasteiger partial charge in [0.15, 0.2) is 0 Å². The first-order chi connectivity index (χ1) is 10.2. The lowest BCUT2D eigenvalue weighted by Crippen LogP contribution is -2.45. The number of morpholine rings is 1. The molecular weight excluding hydrogens is 284 g/mol. The molecule has 1 aliphatic heterocycles. The first-order valence-corrected chi connectivity index (χ1v) is 8.25. The molecule has 0 radical (unpaired) electrons. The molecule has 0 aliphatic carbocycles. The molecule has 2 unspecified atom stereocenters. The van der Waals surface area contributed by atoms with E-state index in [2.05, 4.69) is 34.8 Å². The number of hydrogen-bond acceptors (Lipinski definition) is 4. The van der Waals surface area contributed by atoms with Crippen molar-refractivity contribution in [1.29, 1.82) is 0 Å². The van der Waals surface area contributed by atoms with Crippen LogP contribution >= 0.6 is 11.3 Å². The van der Waals surface area contributed by atoms with Crippen molar-refractivity contribution in [3.8, 4) is 0 Å². The third-order valence-corrected chi connectivity index (χ3v) is 5.11. The maximum Gasteiger partial charge on any atom is 0.0897 e. The van der Waals surface area contributed by atoms with Gasteiger partial charge in [-0.1, -0.05) is 6.07 Å². The van der Waals surface area contributed by atoms with E-state index in [0.29, 0.717) is 6.61 Å². The van der Waals surface area contributed by atoms with E-state index in [4.69, 9.17) is 4.74 Å². The van der Waals surface area contributed by atoms with E-state index in [-0.39, 0.29) is 6.04 Å². The first kappa shape index (κ1) is 14.8. The van der Waals surface area contributed by atoms with Gasteiger partial charge in [-0.25, -0.2) is 0 Å². The molecule has 114 valence electrons. The van der Waals surface area contributed by atoms with Gasteiger partial charge in [0.25, 0.3) is 0 Å². The van der Waals surface area contributed by atoms with Gasteiger partial charge in [0.1, 0.15) is 0 Å². The zero-order chi connectivity index (χ0) is 14.7. The van der Waals surface area contributed by atoms with Crippen LogP contribution in [0, 0.1) is 0 Å². The number of hydrogen-bond donors (Lipinski definition) is 1. The topological polar surface area (TPSA) is 37.6 Å². The van der Waals surface area contributed by atoms with Gasteiger partial charge in [-0.2, -0.15) is 0 Å². The van der Waals surface area contributed by atoms with Crippen LogP contribution < -0.4 is 0 Å². The molecule has 3 rings (SSSR count). The number of thiophene rings is 1. The highest BCUT2D eigenvalue weighted by Gasteiger charge is 2.26. The van der Waals surface area contributed by atoms with E-state index in [0.717, 1.165) is 31.0 Å². The van der Waals surface area contributed by atoms with Crippen LogP contribution in [0.15, 0.2) is 35.8 Å². The minimum absolute atomic E-state index is 0.269. The molecule has 0 spiro atoms. The summed E-state index contributed by atoms with van der Waals surface area (Å²) in [6, 6.07) is 8.49. The number of nitrogens with zero attached hydrogens (tertiary/aromatic N) is 2. The van der Waals surface area contributed by atoms with Crippen LogP contribution in [0.2, 0.25) is 0 Å². The van der Waals surface area contributed by atoms with Gasteiger partial charge in [-0.05, 0) is 30.0 Å². The first-order valence-electron chi connectivity index (χ1n) is 7.37. The second kappa shape index (κ2) is 6.75. The summed E-state index contributed by atoms with van der Waals surface area (Å²) in [6.45, 7) is 3.31. The van der Waals surface area contributed by atoms with Gasteiger partial charge in [-0.15, -0.1) is 11.3 Å². The van der Waals surface area contributed by atoms with Crippen molar-refractivity contribution >= 4 is 11.3 Å². The number of ether oxygens (including phenoxy) is 1. The molecule has 1 aliphatic rings. The maximum absolute atomic E-state index is 10.4. The smallest absolute Gasteiger partial charge is 0.0897 e. The lowest BCUT2D eigenvalue weighted by Gasteiger charge is -2.36. The fourth-order valence-corrected chi connectivity index (χ4v) is 3.56. The Labute approximate surface area is 129 Å². The lowest BCUT2D eigenvalue weighted by molar-refractivity contribution is -0.0303. The van der Waals surface area contributed by atoms with Gasteiger partial charge in [-0.3, -0.25) is 4.90 Å². The van der Waals surface area contributed by atoms with E-state index in [9.17, 15) is 5.11 Å². The number of aliphatic hydroxyl groups is 1. The molecule has 2 aromatic heterocycles. The summed E-state index contributed by atoms with van der Waals surface area (Å²) < 4.78 is 7.78. The minimum Gasteiger partial charge on any atom is -0.388 e. The summed E-state index contributed by atoms with van der Waals surface area (Å²) in [5.74, 6) is 0. The number of aliphatic hydroxyl groups excluding tert-OH is 1. The van der Waals surface area contributed by atoms with Crippen molar-refractivity contribution in [2.45, 2.75) is 25.1 Å². The molecule has 21 heavy (non-hydrogen) atoms. The normalized spacial score (nSPS) is 21.5. The van der Waals surface area contributed by atoms with Crippen LogP contribution in [-0.4, -0.2) is 40.4 Å². The van der Waals surface area contributed by atoms with E-state index in [1.165, 1.54) is 5.69 Å². The number of aromatic nitrogens is 1. The average Bonchev–Trinajstić information content (AvgIpc) is 3.13. The number of rotatable bonds is 5. The van der Waals surface area contributed by atoms with Crippen molar-refractivity contribution in [1.82, 2.24) is 9.47 Å². The highest BCUT2D eigenvalue weighted by Crippen LogP contribution is 2.26. The van der Waals surface area contributed by atoms with Crippen molar-refractivity contribution in [3.63, 3.8) is 0 Å². The van der Waals surface area contributed by atoms with Gasteiger partial charge in [0.2, 0.25) is 0 Å². The highest BCUT2D eigenvalue weighted by atomic mass is 32.1. The Hall–Kier alpha value is -1.14. The largest absolute Gasteiger partial charge is 0.388 e. The summed E-state index contributed by atoms with van der Waals surface area (Å²) in [6.07, 6.45) is 2.41. The Balaban J connectivity index is 1.65. The van der Waals surface area contributed by atoms with Crippen molar-refractivity contribution < 1.29 is 9.84 Å². The summed E-state index contributed by atoms with van der Waals surface area (Å²) in [4.78, 5) is 3.47. The summed E-state index contributed by atoms with van der Waals surface area (Å²) >= 11 is 1.62. The predicted octanol–water partition coefficient (Wildman–Crippen LogP) is 2.41. The average molecular weight is 306 g/mol. The Morgan fingerprint density at radius 3 is 3.05 bits per heavy atom. The molecule has 1 N–H and O–H groups in total. The standard InChI is InChI=1S/C16H22N2O2S/c1-17-6-2-4-13(17)11-18-7-8-20-12-14(18)10-15(19)16-5-3-9-21-16/h2-6,9,14-15,19H,7-8,10-12H2,1H3. The molecule has 0 bridgehead atoms. The Morgan fingerprint density at radius 1 is 1.43 bits per heavy atom. The molecule has 4 nitrogen and oxygen atoms in total. The summed E-state index contributed by atoms with van der Waals surface area (Å²) in [5.41, 5.74) is 1.30. The van der Waals surface area contributed by atoms with E-state index in [1.807, 2.05) is 17.5 Å². The summed E-state index contributed by atoms with van der Waals surface area (Å²) in [5, 5.41) is 12.4. The fraction of sp³-hybridized carbons (Fsp3) is 0.500. The third kappa shape index (κ3) is 3.55. The number of aryl methyl sites for hydroxylation is 1. The molecule has 0 amide bonds. The van der Waals surface area contributed by atoms with Gasteiger partial charge >= 0.3 is 0 Å². The summed E-state index contributed by atoms with van der Waals surface area (Å²) in [7, 11) is 2.07. The van der Waals surface area contributed by atoms with Gasteiger partial charge < -0.3 is 14.4 Å². The minimum atomic E-state index is -0.396. The molecule has 1 fully saturated rings. The van der Waals surface area contributed by atoms with Crippen molar-refractivity contribution in [3.05, 3.63) is 46.4 Å². The molecular formula is C16H22N2O2S. The third-order valence-electron chi connectivity index (χ3n) is 4.13. The van der Waals surface area contributed by atoms with Crippen LogP contribution in [0.4, 0.5) is 0 Å². The molecule has 0 saturated carbocycles. The molecule has 0 aromatic carbocycles.